The maximum Gasteiger partial charge on any atom is 0.133 e. The molecule has 1 unspecified atom stereocenters. The lowest BCUT2D eigenvalue weighted by molar-refractivity contribution is 0.268. The Morgan fingerprint density at radius 2 is 2.21 bits per heavy atom. The normalized spacial score (nSPS) is 13.3. The standard InChI is InChI=1S/C11H13NO2/c12-6-10(7-13)8-1-2-11-9(5-8)3-4-14-11/h1-5,10,13H,6-7,12H2. The molecule has 1 aromatic heterocycles. The van der Waals surface area contributed by atoms with E-state index in [2.05, 4.69) is 0 Å². The zero-order valence-corrected chi connectivity index (χ0v) is 7.81. The first-order valence-electron chi connectivity index (χ1n) is 4.63. The third kappa shape index (κ3) is 1.52. The Kier molecular flexibility index (Phi) is 2.52. The Balaban J connectivity index is 2.42. The van der Waals surface area contributed by atoms with Gasteiger partial charge in [0.15, 0.2) is 0 Å². The van der Waals surface area contributed by atoms with E-state index in [9.17, 15) is 0 Å². The Morgan fingerprint density at radius 3 is 2.93 bits per heavy atom. The quantitative estimate of drug-likeness (QED) is 0.772. The molecular formula is C11H13NO2. The minimum atomic E-state index is 0.0225. The average molecular weight is 191 g/mol. The van der Waals surface area contributed by atoms with E-state index in [0.717, 1.165) is 16.5 Å². The third-order valence-corrected chi connectivity index (χ3v) is 2.45. The van der Waals surface area contributed by atoms with Crippen LogP contribution < -0.4 is 5.73 Å². The van der Waals surface area contributed by atoms with Crippen molar-refractivity contribution in [1.29, 1.82) is 0 Å². The lowest BCUT2D eigenvalue weighted by Crippen LogP contribution is -2.15. The van der Waals surface area contributed by atoms with Crippen molar-refractivity contribution in [3.05, 3.63) is 36.1 Å². The molecule has 14 heavy (non-hydrogen) atoms. The van der Waals surface area contributed by atoms with Crippen LogP contribution in [-0.4, -0.2) is 18.3 Å². The molecule has 1 atom stereocenters. The molecular weight excluding hydrogens is 178 g/mol. The highest BCUT2D eigenvalue weighted by molar-refractivity contribution is 5.77. The second kappa shape index (κ2) is 3.82. The summed E-state index contributed by atoms with van der Waals surface area (Å²) in [6.45, 7) is 0.541. The molecule has 1 aromatic carbocycles. The topological polar surface area (TPSA) is 59.4 Å². The molecule has 3 N–H and O–H groups in total. The second-order valence-electron chi connectivity index (χ2n) is 3.33. The summed E-state index contributed by atoms with van der Waals surface area (Å²) < 4.78 is 5.23. The molecule has 2 aromatic rings. The number of aliphatic hydroxyl groups is 1. The predicted octanol–water partition coefficient (Wildman–Crippen LogP) is 1.47. The van der Waals surface area contributed by atoms with E-state index in [-0.39, 0.29) is 12.5 Å². The van der Waals surface area contributed by atoms with Crippen LogP contribution in [0.3, 0.4) is 0 Å². The van der Waals surface area contributed by atoms with Crippen molar-refractivity contribution in [2.45, 2.75) is 5.92 Å². The van der Waals surface area contributed by atoms with E-state index >= 15 is 0 Å². The van der Waals surface area contributed by atoms with E-state index in [4.69, 9.17) is 15.3 Å². The van der Waals surface area contributed by atoms with Gasteiger partial charge in [0.2, 0.25) is 0 Å². The van der Waals surface area contributed by atoms with Gasteiger partial charge in [0.25, 0.3) is 0 Å². The van der Waals surface area contributed by atoms with E-state index < -0.39 is 0 Å². The first-order chi connectivity index (χ1) is 6.85. The van der Waals surface area contributed by atoms with Crippen LogP contribution in [-0.2, 0) is 0 Å². The summed E-state index contributed by atoms with van der Waals surface area (Å²) in [4.78, 5) is 0. The number of aliphatic hydroxyl groups excluding tert-OH is 1. The maximum atomic E-state index is 9.10. The Labute approximate surface area is 82.1 Å². The highest BCUT2D eigenvalue weighted by Crippen LogP contribution is 2.21. The number of hydrogen-bond donors (Lipinski definition) is 2. The molecule has 3 nitrogen and oxygen atoms in total. The van der Waals surface area contributed by atoms with Crippen molar-refractivity contribution in [1.82, 2.24) is 0 Å². The van der Waals surface area contributed by atoms with Crippen LogP contribution in [0.5, 0.6) is 0 Å². The molecule has 0 amide bonds. The van der Waals surface area contributed by atoms with Gasteiger partial charge in [0.05, 0.1) is 12.9 Å². The van der Waals surface area contributed by atoms with E-state index in [1.807, 2.05) is 24.3 Å². The Hall–Kier alpha value is -1.32. The zero-order chi connectivity index (χ0) is 9.97. The lowest BCUT2D eigenvalue weighted by Gasteiger charge is -2.11. The fourth-order valence-corrected chi connectivity index (χ4v) is 1.56. The van der Waals surface area contributed by atoms with Gasteiger partial charge < -0.3 is 15.3 Å². The molecule has 2 rings (SSSR count). The maximum absolute atomic E-state index is 9.10. The SMILES string of the molecule is NCC(CO)c1ccc2occc2c1. The summed E-state index contributed by atoms with van der Waals surface area (Å²) in [5, 5.41) is 10.1. The van der Waals surface area contributed by atoms with Gasteiger partial charge in [-0.3, -0.25) is 0 Å². The van der Waals surface area contributed by atoms with Gasteiger partial charge in [-0.25, -0.2) is 0 Å². The number of hydrogen-bond acceptors (Lipinski definition) is 3. The molecule has 0 radical (unpaired) electrons. The highest BCUT2D eigenvalue weighted by atomic mass is 16.3. The van der Waals surface area contributed by atoms with Crippen molar-refractivity contribution >= 4 is 11.0 Å². The molecule has 1 heterocycles. The third-order valence-electron chi connectivity index (χ3n) is 2.45. The predicted molar refractivity (Wildman–Crippen MR) is 55.1 cm³/mol. The van der Waals surface area contributed by atoms with E-state index in [1.54, 1.807) is 6.26 Å². The van der Waals surface area contributed by atoms with Crippen molar-refractivity contribution < 1.29 is 9.52 Å². The van der Waals surface area contributed by atoms with Crippen LogP contribution in [0.1, 0.15) is 11.5 Å². The average Bonchev–Trinajstić information content (AvgIpc) is 2.66. The number of benzene rings is 1. The van der Waals surface area contributed by atoms with E-state index in [0.29, 0.717) is 6.54 Å². The van der Waals surface area contributed by atoms with E-state index in [1.165, 1.54) is 0 Å². The summed E-state index contributed by atoms with van der Waals surface area (Å²) in [7, 11) is 0. The fraction of sp³-hybridized carbons (Fsp3) is 0.273. The summed E-state index contributed by atoms with van der Waals surface area (Å²) in [6, 6.07) is 7.76. The molecule has 0 bridgehead atoms. The molecule has 0 saturated carbocycles. The lowest BCUT2D eigenvalue weighted by atomic mass is 9.99. The first-order valence-corrected chi connectivity index (χ1v) is 4.63. The van der Waals surface area contributed by atoms with Crippen LogP contribution in [0.15, 0.2) is 34.9 Å². The van der Waals surface area contributed by atoms with Crippen LogP contribution in [0.2, 0.25) is 0 Å². The van der Waals surface area contributed by atoms with Gasteiger partial charge in [0, 0.05) is 17.8 Å². The van der Waals surface area contributed by atoms with Crippen LogP contribution in [0.4, 0.5) is 0 Å². The van der Waals surface area contributed by atoms with Gasteiger partial charge in [0.1, 0.15) is 5.58 Å². The molecule has 0 aliphatic heterocycles. The molecule has 0 saturated heterocycles. The monoisotopic (exact) mass is 191 g/mol. The fourth-order valence-electron chi connectivity index (χ4n) is 1.56. The zero-order valence-electron chi connectivity index (χ0n) is 7.81. The summed E-state index contributed by atoms with van der Waals surface area (Å²) in [5.74, 6) is 0.0225. The summed E-state index contributed by atoms with van der Waals surface area (Å²) in [5.41, 5.74) is 7.47. The molecule has 0 aliphatic rings. The number of fused-ring (bicyclic) bond motifs is 1. The van der Waals surface area contributed by atoms with Crippen molar-refractivity contribution in [2.24, 2.45) is 5.73 Å². The van der Waals surface area contributed by atoms with Crippen LogP contribution >= 0.6 is 0 Å². The van der Waals surface area contributed by atoms with Gasteiger partial charge in [-0.15, -0.1) is 0 Å². The van der Waals surface area contributed by atoms with Gasteiger partial charge in [-0.2, -0.15) is 0 Å². The van der Waals surface area contributed by atoms with Crippen LogP contribution in [0.25, 0.3) is 11.0 Å². The number of nitrogens with two attached hydrogens (primary N) is 1. The van der Waals surface area contributed by atoms with Gasteiger partial charge in [-0.1, -0.05) is 6.07 Å². The van der Waals surface area contributed by atoms with Crippen molar-refractivity contribution in [2.75, 3.05) is 13.2 Å². The molecule has 3 heteroatoms. The van der Waals surface area contributed by atoms with Gasteiger partial charge >= 0.3 is 0 Å². The number of rotatable bonds is 3. The molecule has 74 valence electrons. The minimum absolute atomic E-state index is 0.0225. The van der Waals surface area contributed by atoms with Gasteiger partial charge in [-0.05, 0) is 23.8 Å². The number of furan rings is 1. The van der Waals surface area contributed by atoms with Crippen molar-refractivity contribution in [3.8, 4) is 0 Å². The highest BCUT2D eigenvalue weighted by Gasteiger charge is 2.09. The van der Waals surface area contributed by atoms with Crippen molar-refractivity contribution in [3.63, 3.8) is 0 Å². The summed E-state index contributed by atoms with van der Waals surface area (Å²) in [6.07, 6.45) is 1.66. The largest absolute Gasteiger partial charge is 0.464 e. The Bertz CT molecular complexity index is 418. The molecule has 0 fully saturated rings. The second-order valence-corrected chi connectivity index (χ2v) is 3.33. The smallest absolute Gasteiger partial charge is 0.133 e. The Morgan fingerprint density at radius 1 is 1.36 bits per heavy atom. The molecule has 0 aliphatic carbocycles. The molecule has 0 spiro atoms. The minimum Gasteiger partial charge on any atom is -0.464 e. The summed E-state index contributed by atoms with van der Waals surface area (Å²) >= 11 is 0. The first kappa shape index (κ1) is 9.24. The van der Waals surface area contributed by atoms with Crippen LogP contribution in [0, 0.1) is 0 Å².